The summed E-state index contributed by atoms with van der Waals surface area (Å²) in [6, 6.07) is 12.6. The molecule has 21 heavy (non-hydrogen) atoms. The third-order valence-electron chi connectivity index (χ3n) is 2.91. The zero-order valence-corrected chi connectivity index (χ0v) is 12.0. The molecule has 0 aliphatic carbocycles. The van der Waals surface area contributed by atoms with Gasteiger partial charge in [0, 0.05) is 0 Å². The predicted octanol–water partition coefficient (Wildman–Crippen LogP) is 2.53. The Balaban J connectivity index is 1.94. The maximum absolute atomic E-state index is 9.35. The molecule has 0 radical (unpaired) electrons. The van der Waals surface area contributed by atoms with Crippen LogP contribution in [0.5, 0.6) is 17.2 Å². The molecule has 0 aromatic heterocycles. The van der Waals surface area contributed by atoms with Gasteiger partial charge in [-0.3, -0.25) is 0 Å². The fourth-order valence-corrected chi connectivity index (χ4v) is 1.85. The normalized spacial score (nSPS) is 10.6. The third kappa shape index (κ3) is 4.14. The van der Waals surface area contributed by atoms with Crippen molar-refractivity contribution < 1.29 is 14.6 Å². The summed E-state index contributed by atoms with van der Waals surface area (Å²) in [5.74, 6) is 1.61. The van der Waals surface area contributed by atoms with Gasteiger partial charge in [-0.05, 0) is 35.4 Å². The van der Waals surface area contributed by atoms with Crippen molar-refractivity contribution in [1.29, 1.82) is 0 Å². The van der Waals surface area contributed by atoms with Crippen LogP contribution in [0.1, 0.15) is 11.1 Å². The lowest BCUT2D eigenvalue weighted by atomic mass is 10.2. The highest BCUT2D eigenvalue weighted by atomic mass is 16.5. The summed E-state index contributed by atoms with van der Waals surface area (Å²) in [4.78, 5) is 0. The molecule has 0 unspecified atom stereocenters. The van der Waals surface area contributed by atoms with Crippen LogP contribution in [0.25, 0.3) is 0 Å². The van der Waals surface area contributed by atoms with E-state index in [1.54, 1.807) is 38.6 Å². The van der Waals surface area contributed by atoms with Gasteiger partial charge >= 0.3 is 0 Å². The Morgan fingerprint density at radius 1 is 1.10 bits per heavy atom. The number of hydrazone groups is 1. The molecule has 0 atom stereocenters. The van der Waals surface area contributed by atoms with Crippen LogP contribution < -0.4 is 14.9 Å². The molecule has 0 spiro atoms. The summed E-state index contributed by atoms with van der Waals surface area (Å²) in [6.45, 7) is 0.565. The first kappa shape index (κ1) is 14.7. The number of rotatable bonds is 6. The topological polar surface area (TPSA) is 63.1 Å². The highest BCUT2D eigenvalue weighted by molar-refractivity contribution is 5.79. The van der Waals surface area contributed by atoms with Gasteiger partial charge < -0.3 is 20.0 Å². The summed E-state index contributed by atoms with van der Waals surface area (Å²) in [5.41, 5.74) is 4.81. The molecule has 0 fully saturated rings. The number of phenolic OH excluding ortho intramolecular Hbond substituents is 1. The van der Waals surface area contributed by atoms with Crippen LogP contribution >= 0.6 is 0 Å². The molecule has 2 N–H and O–H groups in total. The Labute approximate surface area is 123 Å². The zero-order valence-electron chi connectivity index (χ0n) is 12.0. The van der Waals surface area contributed by atoms with Gasteiger partial charge in [-0.25, -0.2) is 0 Å². The second-order valence-electron chi connectivity index (χ2n) is 4.38. The van der Waals surface area contributed by atoms with Gasteiger partial charge in [0.2, 0.25) is 0 Å². The Hall–Kier alpha value is -2.69. The van der Waals surface area contributed by atoms with Crippen molar-refractivity contribution in [2.75, 3.05) is 14.2 Å². The van der Waals surface area contributed by atoms with Crippen molar-refractivity contribution in [1.82, 2.24) is 5.43 Å². The number of nitrogens with one attached hydrogen (secondary N) is 1. The van der Waals surface area contributed by atoms with Gasteiger partial charge in [-0.15, -0.1) is 0 Å². The number of hydrogen-bond acceptors (Lipinski definition) is 5. The lowest BCUT2D eigenvalue weighted by Gasteiger charge is -2.09. The molecule has 0 heterocycles. The molecule has 0 aliphatic heterocycles. The monoisotopic (exact) mass is 286 g/mol. The van der Waals surface area contributed by atoms with Crippen LogP contribution in [0.15, 0.2) is 47.6 Å². The minimum absolute atomic E-state index is 0.221. The predicted molar refractivity (Wildman–Crippen MR) is 82.1 cm³/mol. The van der Waals surface area contributed by atoms with E-state index in [0.29, 0.717) is 18.0 Å². The van der Waals surface area contributed by atoms with Gasteiger partial charge in [0.15, 0.2) is 11.5 Å². The molecule has 0 saturated heterocycles. The van der Waals surface area contributed by atoms with Crippen LogP contribution in [0.2, 0.25) is 0 Å². The number of nitrogens with zero attached hydrogens (tertiary/aromatic N) is 1. The fraction of sp³-hybridized carbons (Fsp3) is 0.188. The molecule has 0 amide bonds. The number of hydrogen-bond donors (Lipinski definition) is 2. The third-order valence-corrected chi connectivity index (χ3v) is 2.91. The number of methoxy groups -OCH3 is 2. The largest absolute Gasteiger partial charge is 0.508 e. The van der Waals surface area contributed by atoms with E-state index in [1.165, 1.54) is 0 Å². The Bertz CT molecular complexity index is 627. The number of phenols is 1. The Morgan fingerprint density at radius 2 is 1.90 bits per heavy atom. The van der Waals surface area contributed by atoms with Crippen LogP contribution in [0.4, 0.5) is 0 Å². The minimum Gasteiger partial charge on any atom is -0.508 e. The summed E-state index contributed by atoms with van der Waals surface area (Å²) in [7, 11) is 3.21. The highest BCUT2D eigenvalue weighted by Crippen LogP contribution is 2.27. The molecular weight excluding hydrogens is 268 g/mol. The maximum Gasteiger partial charge on any atom is 0.161 e. The lowest BCUT2D eigenvalue weighted by molar-refractivity contribution is 0.354. The van der Waals surface area contributed by atoms with Crippen LogP contribution in [-0.2, 0) is 6.54 Å². The number of benzene rings is 2. The molecule has 0 aliphatic rings. The minimum atomic E-state index is 0.221. The van der Waals surface area contributed by atoms with E-state index in [-0.39, 0.29) is 5.75 Å². The average molecular weight is 286 g/mol. The number of aromatic hydroxyl groups is 1. The van der Waals surface area contributed by atoms with E-state index in [0.717, 1.165) is 11.1 Å². The van der Waals surface area contributed by atoms with Crippen LogP contribution in [-0.4, -0.2) is 25.5 Å². The van der Waals surface area contributed by atoms with Crippen molar-refractivity contribution >= 4 is 6.21 Å². The Morgan fingerprint density at radius 3 is 2.62 bits per heavy atom. The molecule has 0 saturated carbocycles. The SMILES string of the molecule is COc1ccc(CN/N=C\c2cccc(O)c2)cc1OC. The van der Waals surface area contributed by atoms with Crippen molar-refractivity contribution in [2.24, 2.45) is 5.10 Å². The maximum atomic E-state index is 9.35. The molecule has 2 aromatic carbocycles. The van der Waals surface area contributed by atoms with Gasteiger partial charge in [-0.2, -0.15) is 5.10 Å². The standard InChI is InChI=1S/C16H18N2O3/c1-20-15-7-6-13(9-16(15)21-2)11-18-17-10-12-4-3-5-14(19)8-12/h3-10,18-19H,11H2,1-2H3/b17-10-. The fourth-order valence-electron chi connectivity index (χ4n) is 1.85. The number of ether oxygens (including phenoxy) is 2. The summed E-state index contributed by atoms with van der Waals surface area (Å²) < 4.78 is 10.4. The zero-order chi connectivity index (χ0) is 15.1. The summed E-state index contributed by atoms with van der Waals surface area (Å²) in [5, 5.41) is 13.5. The summed E-state index contributed by atoms with van der Waals surface area (Å²) in [6.07, 6.45) is 1.65. The van der Waals surface area contributed by atoms with E-state index in [4.69, 9.17) is 9.47 Å². The van der Waals surface area contributed by atoms with E-state index in [1.807, 2.05) is 24.3 Å². The highest BCUT2D eigenvalue weighted by Gasteiger charge is 2.03. The Kier molecular flexibility index (Phi) is 5.04. The van der Waals surface area contributed by atoms with E-state index in [2.05, 4.69) is 10.5 Å². The van der Waals surface area contributed by atoms with E-state index < -0.39 is 0 Å². The van der Waals surface area contributed by atoms with E-state index >= 15 is 0 Å². The quantitative estimate of drug-likeness (QED) is 0.633. The molecule has 2 aromatic rings. The second kappa shape index (κ2) is 7.19. The molecule has 5 nitrogen and oxygen atoms in total. The first-order valence-corrected chi connectivity index (χ1v) is 6.49. The van der Waals surface area contributed by atoms with Gasteiger partial charge in [0.1, 0.15) is 5.75 Å². The van der Waals surface area contributed by atoms with Crippen molar-refractivity contribution in [2.45, 2.75) is 6.54 Å². The van der Waals surface area contributed by atoms with Crippen molar-refractivity contribution in [3.63, 3.8) is 0 Å². The molecule has 110 valence electrons. The molecule has 0 bridgehead atoms. The lowest BCUT2D eigenvalue weighted by Crippen LogP contribution is -2.06. The second-order valence-corrected chi connectivity index (χ2v) is 4.38. The average Bonchev–Trinajstić information content (AvgIpc) is 2.51. The first-order chi connectivity index (χ1) is 10.2. The van der Waals surface area contributed by atoms with Crippen molar-refractivity contribution in [3.8, 4) is 17.2 Å². The first-order valence-electron chi connectivity index (χ1n) is 6.49. The van der Waals surface area contributed by atoms with Crippen LogP contribution in [0, 0.1) is 0 Å². The van der Waals surface area contributed by atoms with E-state index in [9.17, 15) is 5.11 Å². The van der Waals surface area contributed by atoms with Crippen molar-refractivity contribution in [3.05, 3.63) is 53.6 Å². The van der Waals surface area contributed by atoms with Gasteiger partial charge in [0.05, 0.1) is 27.0 Å². The summed E-state index contributed by atoms with van der Waals surface area (Å²) >= 11 is 0. The molecular formula is C16H18N2O3. The van der Waals surface area contributed by atoms with Crippen LogP contribution in [0.3, 0.4) is 0 Å². The van der Waals surface area contributed by atoms with Gasteiger partial charge in [-0.1, -0.05) is 18.2 Å². The molecule has 5 heteroatoms. The molecule has 2 rings (SSSR count). The smallest absolute Gasteiger partial charge is 0.161 e. The van der Waals surface area contributed by atoms with Gasteiger partial charge in [0.25, 0.3) is 0 Å².